The largest absolute Gasteiger partial charge is 0.326 e. The molecule has 0 bridgehead atoms. The molecule has 0 aliphatic rings. The first kappa shape index (κ1) is 20.9. The van der Waals surface area contributed by atoms with E-state index in [4.69, 9.17) is 17.3 Å². The number of benzene rings is 2. The molecule has 4 heteroatoms. The van der Waals surface area contributed by atoms with Crippen LogP contribution in [0.25, 0.3) is 0 Å². The van der Waals surface area contributed by atoms with Crippen LogP contribution in [-0.2, 0) is 12.8 Å². The quantitative estimate of drug-likeness (QED) is 0.573. The Labute approximate surface area is 161 Å². The van der Waals surface area contributed by atoms with Gasteiger partial charge in [-0.2, -0.15) is 0 Å². The molecule has 2 aromatic carbocycles. The monoisotopic (exact) mass is 376 g/mol. The number of nitrogens with two attached hydrogens (primary N) is 1. The van der Waals surface area contributed by atoms with Gasteiger partial charge in [-0.1, -0.05) is 61.8 Å². The molecular formula is C22H30ClFN2. The first-order valence-corrected chi connectivity index (χ1v) is 9.80. The van der Waals surface area contributed by atoms with Crippen LogP contribution in [0.1, 0.15) is 37.8 Å². The minimum atomic E-state index is -0.308. The van der Waals surface area contributed by atoms with E-state index in [1.165, 1.54) is 17.7 Å². The van der Waals surface area contributed by atoms with Crippen molar-refractivity contribution < 1.29 is 4.39 Å². The number of halogens is 2. The third-order valence-corrected chi connectivity index (χ3v) is 4.96. The number of aryl methyl sites for hydroxylation is 1. The number of hydrogen-bond acceptors (Lipinski definition) is 2. The van der Waals surface area contributed by atoms with Crippen LogP contribution >= 0.6 is 11.6 Å². The highest BCUT2D eigenvalue weighted by Crippen LogP contribution is 2.20. The molecular weight excluding hydrogens is 347 g/mol. The second kappa shape index (κ2) is 10.7. The molecule has 142 valence electrons. The molecule has 2 rings (SSSR count). The highest BCUT2D eigenvalue weighted by atomic mass is 35.5. The van der Waals surface area contributed by atoms with Crippen LogP contribution in [0.5, 0.6) is 0 Å². The van der Waals surface area contributed by atoms with Crippen molar-refractivity contribution in [2.24, 2.45) is 11.7 Å². The van der Waals surface area contributed by atoms with Crippen molar-refractivity contribution in [1.82, 2.24) is 5.32 Å². The van der Waals surface area contributed by atoms with E-state index >= 15 is 0 Å². The van der Waals surface area contributed by atoms with Crippen molar-refractivity contribution in [3.05, 3.63) is 70.5 Å². The smallest absolute Gasteiger partial charge is 0.124 e. The minimum absolute atomic E-state index is 0.0350. The molecule has 2 unspecified atom stereocenters. The van der Waals surface area contributed by atoms with E-state index in [1.807, 2.05) is 6.07 Å². The molecule has 2 atom stereocenters. The maximum atomic E-state index is 13.3. The summed E-state index contributed by atoms with van der Waals surface area (Å²) in [4.78, 5) is 0. The molecule has 0 aliphatic carbocycles. The lowest BCUT2D eigenvalue weighted by molar-refractivity contribution is 0.371. The average molecular weight is 377 g/mol. The molecule has 0 fully saturated rings. The molecule has 0 aliphatic heterocycles. The molecule has 26 heavy (non-hydrogen) atoms. The van der Waals surface area contributed by atoms with Gasteiger partial charge >= 0.3 is 0 Å². The number of rotatable bonds is 10. The van der Waals surface area contributed by atoms with Crippen molar-refractivity contribution in [1.29, 1.82) is 0 Å². The van der Waals surface area contributed by atoms with Crippen molar-refractivity contribution in [3.63, 3.8) is 0 Å². The van der Waals surface area contributed by atoms with Crippen LogP contribution < -0.4 is 11.1 Å². The van der Waals surface area contributed by atoms with Gasteiger partial charge in [-0.25, -0.2) is 4.39 Å². The number of hydrogen-bond donors (Lipinski definition) is 2. The van der Waals surface area contributed by atoms with Gasteiger partial charge in [-0.15, -0.1) is 0 Å². The predicted molar refractivity (Wildman–Crippen MR) is 109 cm³/mol. The fourth-order valence-electron chi connectivity index (χ4n) is 3.23. The van der Waals surface area contributed by atoms with E-state index < -0.39 is 0 Å². The van der Waals surface area contributed by atoms with Crippen LogP contribution in [-0.4, -0.2) is 18.6 Å². The molecule has 0 saturated heterocycles. The summed E-state index contributed by atoms with van der Waals surface area (Å²) in [7, 11) is 0. The Kier molecular flexibility index (Phi) is 8.56. The zero-order valence-corrected chi connectivity index (χ0v) is 16.5. The Morgan fingerprint density at radius 2 is 1.85 bits per heavy atom. The molecule has 0 aromatic heterocycles. The Balaban J connectivity index is 1.94. The van der Waals surface area contributed by atoms with Gasteiger partial charge in [0.05, 0.1) is 0 Å². The van der Waals surface area contributed by atoms with Crippen LogP contribution in [0.15, 0.2) is 48.5 Å². The first-order valence-electron chi connectivity index (χ1n) is 9.42. The summed E-state index contributed by atoms with van der Waals surface area (Å²) in [6.07, 6.45) is 3.73. The predicted octanol–water partition coefficient (Wildman–Crippen LogP) is 4.99. The van der Waals surface area contributed by atoms with Crippen molar-refractivity contribution >= 4 is 11.6 Å². The maximum Gasteiger partial charge on any atom is 0.124 e. The Bertz CT molecular complexity index is 660. The topological polar surface area (TPSA) is 38.0 Å². The zero-order chi connectivity index (χ0) is 18.9. The van der Waals surface area contributed by atoms with Crippen molar-refractivity contribution in [2.45, 2.75) is 51.6 Å². The van der Waals surface area contributed by atoms with Gasteiger partial charge in [0.15, 0.2) is 0 Å². The lowest BCUT2D eigenvalue weighted by atomic mass is 9.93. The summed E-state index contributed by atoms with van der Waals surface area (Å²) in [5.41, 5.74) is 8.74. The van der Waals surface area contributed by atoms with Gasteiger partial charge < -0.3 is 11.1 Å². The van der Waals surface area contributed by atoms with Gasteiger partial charge in [0.2, 0.25) is 0 Å². The van der Waals surface area contributed by atoms with E-state index in [9.17, 15) is 4.39 Å². The molecule has 3 N–H and O–H groups in total. The zero-order valence-electron chi connectivity index (χ0n) is 15.7. The van der Waals surface area contributed by atoms with E-state index in [1.54, 1.807) is 6.07 Å². The van der Waals surface area contributed by atoms with Gasteiger partial charge in [0.25, 0.3) is 0 Å². The molecule has 2 nitrogen and oxygen atoms in total. The Morgan fingerprint density at radius 3 is 2.50 bits per heavy atom. The molecule has 0 saturated carbocycles. The highest BCUT2D eigenvalue weighted by molar-refractivity contribution is 6.31. The van der Waals surface area contributed by atoms with E-state index in [0.717, 1.165) is 31.4 Å². The lowest BCUT2D eigenvalue weighted by Crippen LogP contribution is -2.47. The standard InChI is InChI=1S/C22H30ClFN2/c1-16(2)13-21(25)22(14-18-10-11-19(24)15-20(18)23)26-12-6-9-17-7-4-3-5-8-17/h3-5,7-8,10-11,15-16,21-22,26H,6,9,12-14,25H2,1-2H3. The Morgan fingerprint density at radius 1 is 1.12 bits per heavy atom. The van der Waals surface area contributed by atoms with Gasteiger partial charge in [-0.3, -0.25) is 0 Å². The average Bonchev–Trinajstić information content (AvgIpc) is 2.59. The fraction of sp³-hybridized carbons (Fsp3) is 0.455. The highest BCUT2D eigenvalue weighted by Gasteiger charge is 2.20. The first-order chi connectivity index (χ1) is 12.5. The van der Waals surface area contributed by atoms with Crippen LogP contribution in [0.2, 0.25) is 5.02 Å². The van der Waals surface area contributed by atoms with Gasteiger partial charge in [-0.05, 0) is 61.4 Å². The summed E-state index contributed by atoms with van der Waals surface area (Å²) in [5, 5.41) is 4.08. The van der Waals surface area contributed by atoms with Gasteiger partial charge in [0.1, 0.15) is 5.82 Å². The molecule has 0 amide bonds. The summed E-state index contributed by atoms with van der Waals surface area (Å²) < 4.78 is 13.3. The van der Waals surface area contributed by atoms with Gasteiger partial charge in [0, 0.05) is 17.1 Å². The van der Waals surface area contributed by atoms with Crippen molar-refractivity contribution in [3.8, 4) is 0 Å². The molecule has 0 heterocycles. The summed E-state index contributed by atoms with van der Waals surface area (Å²) in [6, 6.07) is 15.2. The summed E-state index contributed by atoms with van der Waals surface area (Å²) >= 11 is 6.22. The van der Waals surface area contributed by atoms with Crippen LogP contribution in [0.4, 0.5) is 4.39 Å². The summed E-state index contributed by atoms with van der Waals surface area (Å²) in [5.74, 6) is 0.222. The third-order valence-electron chi connectivity index (χ3n) is 4.61. The lowest BCUT2D eigenvalue weighted by Gasteiger charge is -2.27. The second-order valence-electron chi connectivity index (χ2n) is 7.38. The fourth-order valence-corrected chi connectivity index (χ4v) is 3.48. The molecule has 2 aromatic rings. The number of nitrogens with one attached hydrogen (secondary N) is 1. The van der Waals surface area contributed by atoms with Crippen LogP contribution in [0.3, 0.4) is 0 Å². The molecule has 0 spiro atoms. The van der Waals surface area contributed by atoms with E-state index in [-0.39, 0.29) is 17.9 Å². The Hall–Kier alpha value is -1.42. The normalized spacial score (nSPS) is 13.8. The van der Waals surface area contributed by atoms with Crippen LogP contribution in [0, 0.1) is 11.7 Å². The van der Waals surface area contributed by atoms with E-state index in [0.29, 0.717) is 17.4 Å². The second-order valence-corrected chi connectivity index (χ2v) is 7.79. The van der Waals surface area contributed by atoms with Crippen molar-refractivity contribution in [2.75, 3.05) is 6.54 Å². The minimum Gasteiger partial charge on any atom is -0.326 e. The van der Waals surface area contributed by atoms with E-state index in [2.05, 4.69) is 43.4 Å². The summed E-state index contributed by atoms with van der Waals surface area (Å²) in [6.45, 7) is 5.25. The molecule has 0 radical (unpaired) electrons. The SMILES string of the molecule is CC(C)CC(N)C(Cc1ccc(F)cc1Cl)NCCCc1ccccc1. The maximum absolute atomic E-state index is 13.3. The third kappa shape index (κ3) is 7.06.